The minimum atomic E-state index is -0.00338. The van der Waals surface area contributed by atoms with Gasteiger partial charge in [-0.05, 0) is 64.5 Å². The summed E-state index contributed by atoms with van der Waals surface area (Å²) in [7, 11) is 2.03. The highest BCUT2D eigenvalue weighted by Gasteiger charge is 2.22. The average Bonchev–Trinajstić information content (AvgIpc) is 2.82. The first-order valence-electron chi connectivity index (χ1n) is 8.42. The van der Waals surface area contributed by atoms with E-state index in [0.29, 0.717) is 0 Å². The molecule has 0 saturated carbocycles. The van der Waals surface area contributed by atoms with E-state index in [1.165, 1.54) is 16.7 Å². The second-order valence-corrected chi connectivity index (χ2v) is 6.94. The minimum Gasteiger partial charge on any atom is -0.369 e. The molecule has 0 bridgehead atoms. The number of rotatable bonds is 4. The van der Waals surface area contributed by atoms with Gasteiger partial charge in [-0.3, -0.25) is 0 Å². The summed E-state index contributed by atoms with van der Waals surface area (Å²) in [4.78, 5) is 6.69. The summed E-state index contributed by atoms with van der Waals surface area (Å²) in [6.07, 6.45) is 3.94. The highest BCUT2D eigenvalue weighted by molar-refractivity contribution is 9.10. The zero-order chi connectivity index (χ0) is 16.9. The monoisotopic (exact) mass is 386 g/mol. The maximum Gasteiger partial charge on any atom is 0.108 e. The zero-order valence-electron chi connectivity index (χ0n) is 14.2. The lowest BCUT2D eigenvalue weighted by Crippen LogP contribution is -2.14. The van der Waals surface area contributed by atoms with Crippen molar-refractivity contribution in [3.8, 4) is 0 Å². The molecule has 1 aliphatic heterocycles. The van der Waals surface area contributed by atoms with E-state index < -0.39 is 0 Å². The Labute approximate surface area is 152 Å². The first-order chi connectivity index (χ1) is 11.7. The lowest BCUT2D eigenvalue weighted by molar-refractivity contribution is 0.0842. The Balaban J connectivity index is 1.99. The molecule has 0 spiro atoms. The molecule has 2 aromatic rings. The van der Waals surface area contributed by atoms with Gasteiger partial charge >= 0.3 is 0 Å². The predicted octanol–water partition coefficient (Wildman–Crippen LogP) is 5.11. The first-order valence-corrected chi connectivity index (χ1v) is 9.21. The molecule has 0 fully saturated rings. The van der Waals surface area contributed by atoms with Crippen molar-refractivity contribution in [2.24, 2.45) is 4.99 Å². The van der Waals surface area contributed by atoms with Gasteiger partial charge in [0.05, 0.1) is 12.0 Å². The Morgan fingerprint density at radius 1 is 1.29 bits per heavy atom. The molecule has 1 aliphatic rings. The number of aryl methyl sites for hydroxylation is 1. The Kier molecular flexibility index (Phi) is 5.69. The number of halogens is 1. The molecule has 0 aliphatic carbocycles. The number of ether oxygens (including phenoxy) is 1. The van der Waals surface area contributed by atoms with Crippen LogP contribution in [0.3, 0.4) is 0 Å². The number of aliphatic imine (C=N–C) groups is 1. The second kappa shape index (κ2) is 7.95. The normalized spacial score (nSPS) is 17.5. The van der Waals surface area contributed by atoms with Crippen LogP contribution in [-0.4, -0.2) is 31.4 Å². The van der Waals surface area contributed by atoms with E-state index in [1.807, 2.05) is 19.5 Å². The summed E-state index contributed by atoms with van der Waals surface area (Å²) in [5.74, 6) is 0. The lowest BCUT2D eigenvalue weighted by atomic mass is 9.95. The summed E-state index contributed by atoms with van der Waals surface area (Å²) >= 11 is 3.69. The molecule has 2 aromatic carbocycles. The third-order valence-electron chi connectivity index (χ3n) is 4.36. The standard InChI is InChI=1S/C20H23BrN2O/c1-3-23(2)14-22-19-12-16-10-7-11-24-20(17(16)13-18(19)21)15-8-5-4-6-9-15/h4-6,8-9,12-14,20H,3,7,10-11H2,1-2H3/b22-14+. The van der Waals surface area contributed by atoms with E-state index in [2.05, 4.69) is 69.1 Å². The first kappa shape index (κ1) is 17.2. The number of hydrogen-bond acceptors (Lipinski definition) is 2. The number of fused-ring (bicyclic) bond motifs is 1. The third kappa shape index (κ3) is 3.87. The Hall–Kier alpha value is -1.65. The molecule has 0 N–H and O–H groups in total. The molecule has 0 radical (unpaired) electrons. The molecule has 0 aromatic heterocycles. The molecule has 3 nitrogen and oxygen atoms in total. The molecule has 1 atom stereocenters. The van der Waals surface area contributed by atoms with Crippen LogP contribution < -0.4 is 0 Å². The van der Waals surface area contributed by atoms with Crippen LogP contribution in [0.4, 0.5) is 5.69 Å². The van der Waals surface area contributed by atoms with Gasteiger partial charge in [0.1, 0.15) is 6.10 Å². The van der Waals surface area contributed by atoms with E-state index in [-0.39, 0.29) is 6.10 Å². The van der Waals surface area contributed by atoms with Gasteiger partial charge in [-0.2, -0.15) is 0 Å². The maximum atomic E-state index is 6.16. The van der Waals surface area contributed by atoms with Crippen LogP contribution in [-0.2, 0) is 11.2 Å². The smallest absolute Gasteiger partial charge is 0.108 e. The summed E-state index contributed by atoms with van der Waals surface area (Å²) < 4.78 is 7.17. The molecule has 126 valence electrons. The molecule has 1 unspecified atom stereocenters. The molecule has 3 rings (SSSR count). The van der Waals surface area contributed by atoms with Crippen molar-refractivity contribution in [3.05, 3.63) is 63.6 Å². The van der Waals surface area contributed by atoms with Crippen LogP contribution in [0.2, 0.25) is 0 Å². The van der Waals surface area contributed by atoms with Crippen LogP contribution in [0.15, 0.2) is 51.9 Å². The Morgan fingerprint density at radius 2 is 2.08 bits per heavy atom. The molecule has 0 saturated heterocycles. The topological polar surface area (TPSA) is 24.8 Å². The fourth-order valence-electron chi connectivity index (χ4n) is 2.88. The molecular formula is C20H23BrN2O. The lowest BCUT2D eigenvalue weighted by Gasteiger charge is -2.19. The van der Waals surface area contributed by atoms with Crippen molar-refractivity contribution in [3.63, 3.8) is 0 Å². The molecule has 4 heteroatoms. The van der Waals surface area contributed by atoms with Gasteiger partial charge in [-0.1, -0.05) is 30.3 Å². The van der Waals surface area contributed by atoms with Gasteiger partial charge in [-0.15, -0.1) is 0 Å². The Bertz CT molecular complexity index is 715. The number of nitrogens with zero attached hydrogens (tertiary/aromatic N) is 2. The van der Waals surface area contributed by atoms with Crippen molar-refractivity contribution in [2.75, 3.05) is 20.2 Å². The van der Waals surface area contributed by atoms with Crippen LogP contribution in [0, 0.1) is 0 Å². The van der Waals surface area contributed by atoms with Crippen LogP contribution in [0.25, 0.3) is 0 Å². The van der Waals surface area contributed by atoms with Crippen LogP contribution in [0.5, 0.6) is 0 Å². The summed E-state index contributed by atoms with van der Waals surface area (Å²) in [5, 5.41) is 0. The van der Waals surface area contributed by atoms with Gasteiger partial charge < -0.3 is 9.64 Å². The molecule has 1 heterocycles. The minimum absolute atomic E-state index is 0.00338. The van der Waals surface area contributed by atoms with Crippen molar-refractivity contribution >= 4 is 28.0 Å². The molecule has 0 amide bonds. The SMILES string of the molecule is CCN(C)/C=N/c1cc2c(cc1Br)C(c1ccccc1)OCCC2. The van der Waals surface area contributed by atoms with Gasteiger partial charge in [0, 0.05) is 24.7 Å². The van der Waals surface area contributed by atoms with Crippen molar-refractivity contribution < 1.29 is 4.74 Å². The summed E-state index contributed by atoms with van der Waals surface area (Å²) in [6, 6.07) is 14.8. The second-order valence-electron chi connectivity index (χ2n) is 6.09. The number of benzene rings is 2. The molecular weight excluding hydrogens is 364 g/mol. The van der Waals surface area contributed by atoms with Gasteiger partial charge in [0.25, 0.3) is 0 Å². The van der Waals surface area contributed by atoms with Gasteiger partial charge in [0.2, 0.25) is 0 Å². The van der Waals surface area contributed by atoms with Crippen molar-refractivity contribution in [1.29, 1.82) is 0 Å². The highest BCUT2D eigenvalue weighted by atomic mass is 79.9. The van der Waals surface area contributed by atoms with E-state index in [0.717, 1.165) is 36.2 Å². The van der Waals surface area contributed by atoms with Crippen molar-refractivity contribution in [2.45, 2.75) is 25.9 Å². The Morgan fingerprint density at radius 3 is 2.83 bits per heavy atom. The largest absolute Gasteiger partial charge is 0.369 e. The van der Waals surface area contributed by atoms with E-state index in [9.17, 15) is 0 Å². The quantitative estimate of drug-likeness (QED) is 0.538. The van der Waals surface area contributed by atoms with Gasteiger partial charge in [0.15, 0.2) is 0 Å². The van der Waals surface area contributed by atoms with E-state index in [4.69, 9.17) is 4.74 Å². The molecule has 24 heavy (non-hydrogen) atoms. The zero-order valence-corrected chi connectivity index (χ0v) is 15.8. The predicted molar refractivity (Wildman–Crippen MR) is 103 cm³/mol. The van der Waals surface area contributed by atoms with E-state index >= 15 is 0 Å². The summed E-state index contributed by atoms with van der Waals surface area (Å²) in [6.45, 7) is 3.83. The average molecular weight is 387 g/mol. The van der Waals surface area contributed by atoms with Crippen molar-refractivity contribution in [1.82, 2.24) is 4.90 Å². The fraction of sp³-hybridized carbons (Fsp3) is 0.350. The van der Waals surface area contributed by atoms with Gasteiger partial charge in [-0.25, -0.2) is 4.99 Å². The van der Waals surface area contributed by atoms with Crippen LogP contribution in [0.1, 0.15) is 36.1 Å². The van der Waals surface area contributed by atoms with Crippen LogP contribution >= 0.6 is 15.9 Å². The summed E-state index contributed by atoms with van der Waals surface area (Å²) in [5.41, 5.74) is 4.75. The fourth-order valence-corrected chi connectivity index (χ4v) is 3.34. The number of hydrogen-bond donors (Lipinski definition) is 0. The third-order valence-corrected chi connectivity index (χ3v) is 5.00. The highest BCUT2D eigenvalue weighted by Crippen LogP contribution is 2.37. The maximum absolute atomic E-state index is 6.16. The van der Waals surface area contributed by atoms with E-state index in [1.54, 1.807) is 0 Å².